The van der Waals surface area contributed by atoms with Crippen molar-refractivity contribution in [1.82, 2.24) is 0 Å². The number of carbonyl (C=O) groups is 3. The van der Waals surface area contributed by atoms with Crippen LogP contribution in [0.25, 0.3) is 0 Å². The molecule has 6 nitrogen and oxygen atoms in total. The predicted octanol–water partition coefficient (Wildman–Crippen LogP) is 14.7. The Labute approximate surface area is 344 Å². The lowest BCUT2D eigenvalue weighted by atomic mass is 10.1. The number of allylic oxidation sites excluding steroid dienone is 11. The van der Waals surface area contributed by atoms with Gasteiger partial charge in [-0.15, -0.1) is 0 Å². The summed E-state index contributed by atoms with van der Waals surface area (Å²) in [5.74, 6) is -1.07. The number of esters is 3. The second-order valence-electron chi connectivity index (χ2n) is 14.9. The van der Waals surface area contributed by atoms with Crippen LogP contribution in [0.5, 0.6) is 0 Å². The van der Waals surface area contributed by atoms with Gasteiger partial charge in [-0.3, -0.25) is 14.4 Å². The van der Waals surface area contributed by atoms with Gasteiger partial charge < -0.3 is 14.2 Å². The van der Waals surface area contributed by atoms with E-state index in [0.717, 1.165) is 83.5 Å². The average molecular weight is 781 g/mol. The summed E-state index contributed by atoms with van der Waals surface area (Å²) in [7, 11) is 0. The van der Waals surface area contributed by atoms with Crippen LogP contribution < -0.4 is 0 Å². The third kappa shape index (κ3) is 42.0. The Kier molecular flexibility index (Phi) is 42.1. The summed E-state index contributed by atoms with van der Waals surface area (Å²) in [4.78, 5) is 37.4. The van der Waals surface area contributed by atoms with Gasteiger partial charge in [-0.05, 0) is 70.6 Å². The maximum absolute atomic E-state index is 12.6. The summed E-state index contributed by atoms with van der Waals surface area (Å²) in [5.41, 5.74) is 0. The van der Waals surface area contributed by atoms with Crippen molar-refractivity contribution < 1.29 is 28.6 Å². The Hall–Kier alpha value is -3.15. The number of hydrogen-bond acceptors (Lipinski definition) is 6. The molecule has 0 fully saturated rings. The second kappa shape index (κ2) is 44.6. The van der Waals surface area contributed by atoms with E-state index in [-0.39, 0.29) is 31.6 Å². The highest BCUT2D eigenvalue weighted by Gasteiger charge is 2.19. The summed E-state index contributed by atoms with van der Waals surface area (Å²) in [5, 5.41) is 0. The van der Waals surface area contributed by atoms with E-state index >= 15 is 0 Å². The highest BCUT2D eigenvalue weighted by molar-refractivity contribution is 5.72. The van der Waals surface area contributed by atoms with Gasteiger partial charge in [-0.2, -0.15) is 0 Å². The van der Waals surface area contributed by atoms with E-state index in [0.29, 0.717) is 12.8 Å². The standard InChI is InChI=1S/C50H84O6/c1-4-7-10-13-15-17-19-21-23-24-25-27-28-30-32-34-37-40-43-49(52)55-46-47(45-54-48(51)42-39-36-12-9-6-3)56-50(53)44-41-38-35-33-31-29-26-22-20-18-16-14-11-8-5-2/h8,11,16,18,22-24,26,31,33,38,41,47H,4-7,9-10,12-15,17,19-21,25,27-30,32,34-37,39-40,42-46H2,1-3H3/b11-8-,18-16-,24-23-,26-22-,33-31-,41-38-. The monoisotopic (exact) mass is 781 g/mol. The molecule has 320 valence electrons. The van der Waals surface area contributed by atoms with Crippen LogP contribution in [0.4, 0.5) is 0 Å². The van der Waals surface area contributed by atoms with E-state index in [9.17, 15) is 14.4 Å². The molecule has 0 bridgehead atoms. The summed E-state index contributed by atoms with van der Waals surface area (Å²) in [6, 6.07) is 0. The zero-order valence-corrected chi connectivity index (χ0v) is 36.4. The fourth-order valence-electron chi connectivity index (χ4n) is 6.04. The highest BCUT2D eigenvalue weighted by Crippen LogP contribution is 2.13. The molecule has 1 atom stereocenters. The lowest BCUT2D eigenvalue weighted by Crippen LogP contribution is -2.30. The lowest BCUT2D eigenvalue weighted by molar-refractivity contribution is -0.166. The molecule has 0 spiro atoms. The van der Waals surface area contributed by atoms with Crippen molar-refractivity contribution >= 4 is 17.9 Å². The van der Waals surface area contributed by atoms with Crippen LogP contribution in [0.3, 0.4) is 0 Å². The van der Waals surface area contributed by atoms with Crippen molar-refractivity contribution in [2.75, 3.05) is 13.2 Å². The molecule has 0 rings (SSSR count). The van der Waals surface area contributed by atoms with Gasteiger partial charge in [0.25, 0.3) is 0 Å². The van der Waals surface area contributed by atoms with Crippen LogP contribution in [-0.4, -0.2) is 37.2 Å². The fraction of sp³-hybridized carbons (Fsp3) is 0.700. The van der Waals surface area contributed by atoms with Crippen LogP contribution in [0, 0.1) is 0 Å². The molecule has 6 heteroatoms. The van der Waals surface area contributed by atoms with Gasteiger partial charge >= 0.3 is 17.9 Å². The number of ether oxygens (including phenoxy) is 3. The fourth-order valence-corrected chi connectivity index (χ4v) is 6.04. The molecule has 0 aromatic carbocycles. The van der Waals surface area contributed by atoms with Crippen LogP contribution in [0.15, 0.2) is 72.9 Å². The first kappa shape index (κ1) is 52.9. The molecule has 0 saturated carbocycles. The van der Waals surface area contributed by atoms with E-state index in [1.807, 2.05) is 6.08 Å². The van der Waals surface area contributed by atoms with E-state index in [2.05, 4.69) is 81.5 Å². The Morgan fingerprint density at radius 3 is 1.16 bits per heavy atom. The van der Waals surface area contributed by atoms with Gasteiger partial charge in [0.05, 0.1) is 6.42 Å². The van der Waals surface area contributed by atoms with Gasteiger partial charge in [-0.25, -0.2) is 0 Å². The SMILES string of the molecule is CC/C=C\C/C=C\C/C=C\C/C=C\C/C=C\CC(=O)OC(COC(=O)CCCCCCC)COC(=O)CCCCCCCCC/C=C\CCCCCCCCC. The van der Waals surface area contributed by atoms with Gasteiger partial charge in [0, 0.05) is 12.8 Å². The highest BCUT2D eigenvalue weighted by atomic mass is 16.6. The number of unbranched alkanes of at least 4 members (excludes halogenated alkanes) is 18. The molecule has 0 aliphatic rings. The molecule has 0 aliphatic carbocycles. The van der Waals surface area contributed by atoms with Gasteiger partial charge in [0.15, 0.2) is 6.10 Å². The first-order chi connectivity index (χ1) is 27.5. The lowest BCUT2D eigenvalue weighted by Gasteiger charge is -2.18. The molecule has 0 heterocycles. The molecule has 56 heavy (non-hydrogen) atoms. The van der Waals surface area contributed by atoms with Crippen molar-refractivity contribution in [3.05, 3.63) is 72.9 Å². The minimum atomic E-state index is -0.826. The van der Waals surface area contributed by atoms with Crippen LogP contribution in [0.1, 0.15) is 207 Å². The summed E-state index contributed by atoms with van der Waals surface area (Å²) >= 11 is 0. The van der Waals surface area contributed by atoms with Crippen LogP contribution in [-0.2, 0) is 28.6 Å². The minimum absolute atomic E-state index is 0.0966. The normalized spacial score (nSPS) is 12.7. The molecule has 0 radical (unpaired) electrons. The number of carbonyl (C=O) groups excluding carboxylic acids is 3. The van der Waals surface area contributed by atoms with E-state index < -0.39 is 12.1 Å². The van der Waals surface area contributed by atoms with E-state index in [1.165, 1.54) is 83.5 Å². The molecule has 0 N–H and O–H groups in total. The number of rotatable bonds is 40. The summed E-state index contributed by atoms with van der Waals surface area (Å²) in [6.45, 7) is 6.33. The molecule has 0 saturated heterocycles. The molecule has 0 aliphatic heterocycles. The largest absolute Gasteiger partial charge is 0.462 e. The molecule has 0 aromatic rings. The van der Waals surface area contributed by atoms with Crippen molar-refractivity contribution in [2.45, 2.75) is 213 Å². The maximum atomic E-state index is 12.6. The zero-order valence-electron chi connectivity index (χ0n) is 36.4. The van der Waals surface area contributed by atoms with Crippen molar-refractivity contribution in [3.8, 4) is 0 Å². The third-order valence-electron chi connectivity index (χ3n) is 9.48. The Balaban J connectivity index is 4.33. The maximum Gasteiger partial charge on any atom is 0.310 e. The second-order valence-corrected chi connectivity index (χ2v) is 14.9. The summed E-state index contributed by atoms with van der Waals surface area (Å²) in [6.07, 6.45) is 55.2. The Morgan fingerprint density at radius 1 is 0.393 bits per heavy atom. The van der Waals surface area contributed by atoms with Gasteiger partial charge in [0.1, 0.15) is 13.2 Å². The Morgan fingerprint density at radius 2 is 0.750 bits per heavy atom. The van der Waals surface area contributed by atoms with Crippen molar-refractivity contribution in [1.29, 1.82) is 0 Å². The molecule has 0 aromatic heterocycles. The Bertz CT molecular complexity index is 1080. The molecule has 1 unspecified atom stereocenters. The first-order valence-electron chi connectivity index (χ1n) is 22.9. The topological polar surface area (TPSA) is 78.9 Å². The third-order valence-corrected chi connectivity index (χ3v) is 9.48. The van der Waals surface area contributed by atoms with Gasteiger partial charge in [-0.1, -0.05) is 190 Å². The molecular weight excluding hydrogens is 697 g/mol. The van der Waals surface area contributed by atoms with Crippen molar-refractivity contribution in [2.24, 2.45) is 0 Å². The molecular formula is C50H84O6. The summed E-state index contributed by atoms with van der Waals surface area (Å²) < 4.78 is 16.5. The predicted molar refractivity (Wildman–Crippen MR) is 238 cm³/mol. The van der Waals surface area contributed by atoms with E-state index in [4.69, 9.17) is 14.2 Å². The molecule has 0 amide bonds. The number of hydrogen-bond donors (Lipinski definition) is 0. The van der Waals surface area contributed by atoms with Crippen LogP contribution >= 0.6 is 0 Å². The smallest absolute Gasteiger partial charge is 0.310 e. The minimum Gasteiger partial charge on any atom is -0.462 e. The van der Waals surface area contributed by atoms with E-state index in [1.54, 1.807) is 6.08 Å². The van der Waals surface area contributed by atoms with Gasteiger partial charge in [0.2, 0.25) is 0 Å². The average Bonchev–Trinajstić information content (AvgIpc) is 3.19. The van der Waals surface area contributed by atoms with Crippen LogP contribution in [0.2, 0.25) is 0 Å². The quantitative estimate of drug-likeness (QED) is 0.0267. The van der Waals surface area contributed by atoms with Crippen molar-refractivity contribution in [3.63, 3.8) is 0 Å². The zero-order chi connectivity index (χ0) is 40.8. The first-order valence-corrected chi connectivity index (χ1v) is 22.9.